The number of aliphatic hydroxyl groups excluding tert-OH is 1. The number of hydrogen-bond donors (Lipinski definition) is 2. The summed E-state index contributed by atoms with van der Waals surface area (Å²) in [6.45, 7) is 1.35. The number of likely N-dealkylation sites (tertiary alicyclic amines) is 1. The minimum Gasteiger partial charge on any atom is -0.390 e. The minimum atomic E-state index is -3.00. The third-order valence-electron chi connectivity index (χ3n) is 2.77. The number of hydrogen-bond acceptors (Lipinski definition) is 3. The molecule has 1 aliphatic rings. The molecule has 0 radical (unpaired) electrons. The van der Waals surface area contributed by atoms with Gasteiger partial charge in [0.05, 0.1) is 6.54 Å². The van der Waals surface area contributed by atoms with Crippen molar-refractivity contribution in [2.45, 2.75) is 31.4 Å². The molecule has 2 N–H and O–H groups in total. The van der Waals surface area contributed by atoms with E-state index in [1.165, 1.54) is 0 Å². The zero-order chi connectivity index (χ0) is 10.8. The molecule has 0 spiro atoms. The molecule has 0 aromatic heterocycles. The Morgan fingerprint density at radius 2 is 2.21 bits per heavy atom. The predicted octanol–water partition coefficient (Wildman–Crippen LogP) is 0.296. The fourth-order valence-electron chi connectivity index (χ4n) is 1.69. The van der Waals surface area contributed by atoms with Gasteiger partial charge in [-0.1, -0.05) is 0 Å². The van der Waals surface area contributed by atoms with Gasteiger partial charge in [-0.3, -0.25) is 0 Å². The van der Waals surface area contributed by atoms with Crippen molar-refractivity contribution in [3.05, 3.63) is 0 Å². The lowest BCUT2D eigenvalue weighted by Gasteiger charge is -2.18. The van der Waals surface area contributed by atoms with Crippen molar-refractivity contribution in [1.82, 2.24) is 10.2 Å². The van der Waals surface area contributed by atoms with Crippen LogP contribution in [0, 0.1) is 0 Å². The molecule has 1 fully saturated rings. The van der Waals surface area contributed by atoms with Gasteiger partial charge < -0.3 is 15.3 Å². The molecule has 84 valence electrons. The molecule has 3 nitrogen and oxygen atoms in total. The summed E-state index contributed by atoms with van der Waals surface area (Å²) in [7, 11) is 1.98. The molecule has 0 bridgehead atoms. The number of rotatable bonds is 4. The van der Waals surface area contributed by atoms with Gasteiger partial charge in [-0.05, 0) is 20.4 Å². The Bertz CT molecular complexity index is 180. The van der Waals surface area contributed by atoms with E-state index < -0.39 is 19.1 Å². The van der Waals surface area contributed by atoms with Crippen LogP contribution in [-0.2, 0) is 0 Å². The monoisotopic (exact) mass is 208 g/mol. The van der Waals surface area contributed by atoms with Gasteiger partial charge in [-0.15, -0.1) is 0 Å². The highest BCUT2D eigenvalue weighted by Gasteiger charge is 2.31. The number of nitrogens with zero attached hydrogens (tertiary/aromatic N) is 1. The third-order valence-corrected chi connectivity index (χ3v) is 2.77. The van der Waals surface area contributed by atoms with Gasteiger partial charge in [0.15, 0.2) is 0 Å². The first kappa shape index (κ1) is 11.8. The lowest BCUT2D eigenvalue weighted by atomic mass is 10.2. The highest BCUT2D eigenvalue weighted by Crippen LogP contribution is 2.16. The second-order valence-corrected chi connectivity index (χ2v) is 4.12. The van der Waals surface area contributed by atoms with Crippen LogP contribution < -0.4 is 5.32 Å². The maximum Gasteiger partial charge on any atom is 0.282 e. The van der Waals surface area contributed by atoms with Crippen molar-refractivity contribution < 1.29 is 13.9 Å². The van der Waals surface area contributed by atoms with Crippen LogP contribution in [0.1, 0.15) is 13.3 Å². The van der Waals surface area contributed by atoms with E-state index in [1.54, 1.807) is 0 Å². The van der Waals surface area contributed by atoms with E-state index in [4.69, 9.17) is 5.11 Å². The van der Waals surface area contributed by atoms with Gasteiger partial charge in [0.1, 0.15) is 6.61 Å². The number of halogens is 2. The molecule has 0 aliphatic carbocycles. The second kappa shape index (κ2) is 4.51. The van der Waals surface area contributed by atoms with E-state index >= 15 is 0 Å². The van der Waals surface area contributed by atoms with Crippen LogP contribution >= 0.6 is 0 Å². The summed E-state index contributed by atoms with van der Waals surface area (Å²) in [6, 6.07) is 0.558. The van der Waals surface area contributed by atoms with Crippen molar-refractivity contribution >= 4 is 0 Å². The standard InChI is InChI=1S/C9H18F2N2O/c1-7-3-8(4-13(7)2)12-5-9(10,11)6-14/h7-8,12,14H,3-6H2,1-2H3. The van der Waals surface area contributed by atoms with Crippen LogP contribution in [-0.4, -0.2) is 54.8 Å². The number of alkyl halides is 2. The normalized spacial score (nSPS) is 29.8. The van der Waals surface area contributed by atoms with Gasteiger partial charge in [0.2, 0.25) is 0 Å². The van der Waals surface area contributed by atoms with Gasteiger partial charge in [0.25, 0.3) is 5.92 Å². The Labute approximate surface area is 83.1 Å². The fourth-order valence-corrected chi connectivity index (χ4v) is 1.69. The average molecular weight is 208 g/mol. The van der Waals surface area contributed by atoms with Gasteiger partial charge in [-0.2, -0.15) is 0 Å². The highest BCUT2D eigenvalue weighted by molar-refractivity contribution is 4.86. The van der Waals surface area contributed by atoms with Crippen LogP contribution in [0.25, 0.3) is 0 Å². The zero-order valence-corrected chi connectivity index (χ0v) is 8.63. The summed E-state index contributed by atoms with van der Waals surface area (Å²) in [5, 5.41) is 11.2. The molecule has 1 heterocycles. The van der Waals surface area contributed by atoms with Crippen molar-refractivity contribution in [2.75, 3.05) is 26.7 Å². The zero-order valence-electron chi connectivity index (χ0n) is 8.63. The average Bonchev–Trinajstić information content (AvgIpc) is 2.44. The van der Waals surface area contributed by atoms with Crippen LogP contribution in [0.5, 0.6) is 0 Å². The molecular weight excluding hydrogens is 190 g/mol. The van der Waals surface area contributed by atoms with Crippen LogP contribution in [0.15, 0.2) is 0 Å². The lowest BCUT2D eigenvalue weighted by molar-refractivity contribution is -0.0491. The van der Waals surface area contributed by atoms with Crippen LogP contribution in [0.3, 0.4) is 0 Å². The summed E-state index contributed by atoms with van der Waals surface area (Å²) >= 11 is 0. The van der Waals surface area contributed by atoms with E-state index in [0.717, 1.165) is 13.0 Å². The summed E-state index contributed by atoms with van der Waals surface area (Å²) in [4.78, 5) is 2.13. The SMILES string of the molecule is CC1CC(NCC(F)(F)CO)CN1C. The van der Waals surface area contributed by atoms with Crippen LogP contribution in [0.2, 0.25) is 0 Å². The Kier molecular flexibility index (Phi) is 3.80. The van der Waals surface area contributed by atoms with Crippen molar-refractivity contribution in [3.8, 4) is 0 Å². The van der Waals surface area contributed by atoms with Gasteiger partial charge >= 0.3 is 0 Å². The first-order valence-electron chi connectivity index (χ1n) is 4.87. The topological polar surface area (TPSA) is 35.5 Å². The third kappa shape index (κ3) is 3.15. The van der Waals surface area contributed by atoms with Crippen molar-refractivity contribution in [2.24, 2.45) is 0 Å². The molecule has 0 saturated carbocycles. The Morgan fingerprint density at radius 1 is 1.57 bits per heavy atom. The highest BCUT2D eigenvalue weighted by atomic mass is 19.3. The van der Waals surface area contributed by atoms with Gasteiger partial charge in [-0.25, -0.2) is 8.78 Å². The van der Waals surface area contributed by atoms with Crippen molar-refractivity contribution in [1.29, 1.82) is 0 Å². The molecule has 2 unspecified atom stereocenters. The maximum absolute atomic E-state index is 12.7. The molecular formula is C9H18F2N2O. The van der Waals surface area contributed by atoms with E-state index in [1.807, 2.05) is 7.05 Å². The number of nitrogens with one attached hydrogen (secondary N) is 1. The molecule has 1 aliphatic heterocycles. The van der Waals surface area contributed by atoms with E-state index in [2.05, 4.69) is 17.1 Å². The van der Waals surface area contributed by atoms with E-state index in [-0.39, 0.29) is 6.04 Å². The molecule has 0 aromatic rings. The van der Waals surface area contributed by atoms with E-state index in [0.29, 0.717) is 6.04 Å². The lowest BCUT2D eigenvalue weighted by Crippen LogP contribution is -2.42. The molecule has 5 heteroatoms. The van der Waals surface area contributed by atoms with Crippen molar-refractivity contribution in [3.63, 3.8) is 0 Å². The Hall–Kier alpha value is -0.260. The number of likely N-dealkylation sites (N-methyl/N-ethyl adjacent to an activating group) is 1. The molecule has 1 saturated heterocycles. The molecule has 14 heavy (non-hydrogen) atoms. The molecule has 1 rings (SSSR count). The largest absolute Gasteiger partial charge is 0.390 e. The summed E-state index contributed by atoms with van der Waals surface area (Å²) < 4.78 is 25.3. The fraction of sp³-hybridized carbons (Fsp3) is 1.00. The predicted molar refractivity (Wildman–Crippen MR) is 50.5 cm³/mol. The van der Waals surface area contributed by atoms with E-state index in [9.17, 15) is 8.78 Å². The summed E-state index contributed by atoms with van der Waals surface area (Å²) in [6.07, 6.45) is 0.887. The minimum absolute atomic E-state index is 0.118. The Morgan fingerprint density at radius 3 is 2.64 bits per heavy atom. The first-order valence-corrected chi connectivity index (χ1v) is 4.87. The Balaban J connectivity index is 2.27. The maximum atomic E-state index is 12.7. The summed E-state index contributed by atoms with van der Waals surface area (Å²) in [5.74, 6) is -3.00. The molecule has 0 aromatic carbocycles. The second-order valence-electron chi connectivity index (χ2n) is 4.12. The van der Waals surface area contributed by atoms with Crippen LogP contribution in [0.4, 0.5) is 8.78 Å². The smallest absolute Gasteiger partial charge is 0.282 e. The number of aliphatic hydroxyl groups is 1. The first-order chi connectivity index (χ1) is 6.44. The molecule has 2 atom stereocenters. The quantitative estimate of drug-likeness (QED) is 0.697. The molecule has 0 amide bonds. The summed E-state index contributed by atoms with van der Waals surface area (Å²) in [5.41, 5.74) is 0. The van der Waals surface area contributed by atoms with Gasteiger partial charge in [0, 0.05) is 18.6 Å².